The van der Waals surface area contributed by atoms with Crippen LogP contribution in [0.15, 0.2) is 18.7 Å². The van der Waals surface area contributed by atoms with Crippen molar-refractivity contribution in [2.75, 3.05) is 20.6 Å². The van der Waals surface area contributed by atoms with Gasteiger partial charge in [-0.15, -0.1) is 0 Å². The van der Waals surface area contributed by atoms with E-state index in [9.17, 15) is 0 Å². The van der Waals surface area contributed by atoms with Gasteiger partial charge < -0.3 is 10.2 Å². The van der Waals surface area contributed by atoms with Crippen LogP contribution >= 0.6 is 0 Å². The van der Waals surface area contributed by atoms with E-state index in [4.69, 9.17) is 0 Å². The van der Waals surface area contributed by atoms with Gasteiger partial charge in [-0.05, 0) is 40.9 Å². The average molecular weight is 236 g/mol. The van der Waals surface area contributed by atoms with Crippen LogP contribution in [0.3, 0.4) is 0 Å². The molecule has 17 heavy (non-hydrogen) atoms. The lowest BCUT2D eigenvalue weighted by Crippen LogP contribution is -2.49. The molecule has 0 saturated heterocycles. The predicted molar refractivity (Wildman–Crippen MR) is 70.8 cm³/mol. The van der Waals surface area contributed by atoms with Crippen LogP contribution < -0.4 is 5.32 Å². The van der Waals surface area contributed by atoms with E-state index < -0.39 is 0 Å². The van der Waals surface area contributed by atoms with E-state index in [1.54, 1.807) is 6.33 Å². The second kappa shape index (κ2) is 6.07. The fraction of sp³-hybridized carbons (Fsp3) is 0.692. The first kappa shape index (κ1) is 14.1. The van der Waals surface area contributed by atoms with E-state index in [1.807, 2.05) is 12.4 Å². The molecule has 4 nitrogen and oxygen atoms in total. The zero-order valence-electron chi connectivity index (χ0n) is 11.6. The fourth-order valence-corrected chi connectivity index (χ4v) is 1.78. The third kappa shape index (κ3) is 3.48. The smallest absolute Gasteiger partial charge is 0.115 e. The van der Waals surface area contributed by atoms with Crippen LogP contribution in [0.25, 0.3) is 0 Å². The summed E-state index contributed by atoms with van der Waals surface area (Å²) in [4.78, 5) is 10.5. The van der Waals surface area contributed by atoms with Gasteiger partial charge in [0.1, 0.15) is 6.33 Å². The summed E-state index contributed by atoms with van der Waals surface area (Å²) in [5, 5.41) is 3.59. The summed E-state index contributed by atoms with van der Waals surface area (Å²) in [5.74, 6) is 0. The van der Waals surface area contributed by atoms with Crippen LogP contribution in [-0.2, 0) is 0 Å². The normalized spacial score (nSPS) is 14.0. The van der Waals surface area contributed by atoms with Crippen LogP contribution in [-0.4, -0.2) is 41.0 Å². The second-order valence-electron chi connectivity index (χ2n) is 5.11. The van der Waals surface area contributed by atoms with Gasteiger partial charge in [0.05, 0.1) is 6.04 Å². The molecule has 1 rings (SSSR count). The number of likely N-dealkylation sites (N-methyl/N-ethyl adjacent to an activating group) is 1. The van der Waals surface area contributed by atoms with Gasteiger partial charge in [-0.25, -0.2) is 9.97 Å². The van der Waals surface area contributed by atoms with E-state index in [-0.39, 0.29) is 11.6 Å². The highest BCUT2D eigenvalue weighted by Gasteiger charge is 2.32. The molecule has 0 saturated carbocycles. The fourth-order valence-electron chi connectivity index (χ4n) is 1.78. The number of nitrogens with zero attached hydrogens (tertiary/aromatic N) is 3. The van der Waals surface area contributed by atoms with Gasteiger partial charge in [0.15, 0.2) is 0 Å². The van der Waals surface area contributed by atoms with Crippen LogP contribution in [0.2, 0.25) is 0 Å². The average Bonchev–Trinajstić information content (AvgIpc) is 2.30. The maximum absolute atomic E-state index is 4.12. The van der Waals surface area contributed by atoms with Gasteiger partial charge in [0, 0.05) is 23.5 Å². The first-order chi connectivity index (χ1) is 8.00. The SMILES string of the molecule is CCCNC(c1cncnc1)C(C)(C)N(C)C. The Kier molecular flexibility index (Phi) is 5.02. The molecule has 0 aliphatic rings. The van der Waals surface area contributed by atoms with Crippen molar-refractivity contribution in [2.24, 2.45) is 0 Å². The van der Waals surface area contributed by atoms with Gasteiger partial charge in [-0.3, -0.25) is 0 Å². The molecule has 0 aromatic carbocycles. The molecule has 0 aliphatic heterocycles. The lowest BCUT2D eigenvalue weighted by Gasteiger charge is -2.40. The molecule has 0 fully saturated rings. The van der Waals surface area contributed by atoms with Crippen molar-refractivity contribution < 1.29 is 0 Å². The Hall–Kier alpha value is -1.00. The second-order valence-corrected chi connectivity index (χ2v) is 5.11. The summed E-state index contributed by atoms with van der Waals surface area (Å²) in [6.45, 7) is 7.63. The molecule has 0 bridgehead atoms. The Morgan fingerprint density at radius 1 is 1.29 bits per heavy atom. The number of nitrogens with one attached hydrogen (secondary N) is 1. The summed E-state index contributed by atoms with van der Waals surface area (Å²) >= 11 is 0. The molecule has 1 N–H and O–H groups in total. The minimum Gasteiger partial charge on any atom is -0.308 e. The lowest BCUT2D eigenvalue weighted by molar-refractivity contribution is 0.137. The van der Waals surface area contributed by atoms with Crippen molar-refractivity contribution in [3.63, 3.8) is 0 Å². The third-order valence-corrected chi connectivity index (χ3v) is 3.37. The summed E-state index contributed by atoms with van der Waals surface area (Å²) < 4.78 is 0. The minimum atomic E-state index is 0.0138. The highest BCUT2D eigenvalue weighted by Crippen LogP contribution is 2.28. The number of hydrogen-bond acceptors (Lipinski definition) is 4. The maximum Gasteiger partial charge on any atom is 0.115 e. The van der Waals surface area contributed by atoms with E-state index in [2.05, 4.69) is 55.1 Å². The molecule has 96 valence electrons. The van der Waals surface area contributed by atoms with Crippen molar-refractivity contribution in [3.05, 3.63) is 24.3 Å². The molecule has 0 radical (unpaired) electrons. The molecule has 1 heterocycles. The zero-order chi connectivity index (χ0) is 12.9. The highest BCUT2D eigenvalue weighted by molar-refractivity contribution is 5.15. The van der Waals surface area contributed by atoms with E-state index >= 15 is 0 Å². The molecule has 1 aromatic rings. The Morgan fingerprint density at radius 3 is 2.35 bits per heavy atom. The number of hydrogen-bond donors (Lipinski definition) is 1. The van der Waals surface area contributed by atoms with Gasteiger partial charge in [-0.2, -0.15) is 0 Å². The molecule has 0 spiro atoms. The molecule has 0 aliphatic carbocycles. The number of rotatable bonds is 6. The van der Waals surface area contributed by atoms with E-state index in [0.29, 0.717) is 0 Å². The largest absolute Gasteiger partial charge is 0.308 e. The van der Waals surface area contributed by atoms with E-state index in [0.717, 1.165) is 18.5 Å². The topological polar surface area (TPSA) is 41.1 Å². The van der Waals surface area contributed by atoms with Crippen molar-refractivity contribution >= 4 is 0 Å². The van der Waals surface area contributed by atoms with E-state index in [1.165, 1.54) is 0 Å². The Morgan fingerprint density at radius 2 is 1.88 bits per heavy atom. The summed E-state index contributed by atoms with van der Waals surface area (Å²) in [6.07, 6.45) is 6.48. The molecule has 1 atom stereocenters. The maximum atomic E-state index is 4.12. The molecule has 0 amide bonds. The predicted octanol–water partition coefficient (Wildman–Crippen LogP) is 1.86. The van der Waals surface area contributed by atoms with Gasteiger partial charge >= 0.3 is 0 Å². The third-order valence-electron chi connectivity index (χ3n) is 3.37. The lowest BCUT2D eigenvalue weighted by atomic mass is 9.88. The molecular weight excluding hydrogens is 212 g/mol. The number of aromatic nitrogens is 2. The van der Waals surface area contributed by atoms with Crippen LogP contribution in [0.1, 0.15) is 38.8 Å². The standard InChI is InChI=1S/C13H24N4/c1-6-7-16-12(13(2,3)17(4)5)11-8-14-10-15-9-11/h8-10,12,16H,6-7H2,1-5H3. The first-order valence-corrected chi connectivity index (χ1v) is 6.15. The summed E-state index contributed by atoms with van der Waals surface area (Å²) in [6, 6.07) is 0.235. The summed E-state index contributed by atoms with van der Waals surface area (Å²) in [7, 11) is 4.20. The Labute approximate surface area is 104 Å². The van der Waals surface area contributed by atoms with Crippen molar-refractivity contribution in [1.29, 1.82) is 0 Å². The Balaban J connectivity index is 2.96. The van der Waals surface area contributed by atoms with Crippen LogP contribution in [0.4, 0.5) is 0 Å². The molecule has 1 aromatic heterocycles. The van der Waals surface area contributed by atoms with Crippen molar-refractivity contribution in [1.82, 2.24) is 20.2 Å². The van der Waals surface area contributed by atoms with Crippen molar-refractivity contribution in [2.45, 2.75) is 38.8 Å². The Bertz CT molecular complexity index is 321. The molecule has 4 heteroatoms. The quantitative estimate of drug-likeness (QED) is 0.818. The first-order valence-electron chi connectivity index (χ1n) is 6.15. The highest BCUT2D eigenvalue weighted by atomic mass is 15.2. The monoisotopic (exact) mass is 236 g/mol. The minimum absolute atomic E-state index is 0.0138. The zero-order valence-corrected chi connectivity index (χ0v) is 11.6. The van der Waals surface area contributed by atoms with Crippen LogP contribution in [0.5, 0.6) is 0 Å². The summed E-state index contributed by atoms with van der Waals surface area (Å²) in [5.41, 5.74) is 1.15. The molecule has 1 unspecified atom stereocenters. The van der Waals surface area contributed by atoms with Crippen molar-refractivity contribution in [3.8, 4) is 0 Å². The van der Waals surface area contributed by atoms with Gasteiger partial charge in [0.25, 0.3) is 0 Å². The van der Waals surface area contributed by atoms with Gasteiger partial charge in [-0.1, -0.05) is 6.92 Å². The van der Waals surface area contributed by atoms with Crippen LogP contribution in [0, 0.1) is 0 Å². The molecular formula is C13H24N4. The van der Waals surface area contributed by atoms with Gasteiger partial charge in [0.2, 0.25) is 0 Å².